The molecule has 3 rings (SSSR count). The van der Waals surface area contributed by atoms with Gasteiger partial charge in [-0.3, -0.25) is 19.4 Å². The Hall–Kier alpha value is -4.20. The molecule has 0 unspecified atom stereocenters. The number of nitrogens with one attached hydrogen (secondary N) is 3. The van der Waals surface area contributed by atoms with Crippen LogP contribution in [0.15, 0.2) is 72.9 Å². The van der Waals surface area contributed by atoms with Gasteiger partial charge in [-0.2, -0.15) is 0 Å². The van der Waals surface area contributed by atoms with Crippen molar-refractivity contribution in [3.63, 3.8) is 0 Å². The van der Waals surface area contributed by atoms with Crippen molar-refractivity contribution in [2.24, 2.45) is 0 Å². The van der Waals surface area contributed by atoms with Crippen molar-refractivity contribution < 1.29 is 19.1 Å². The lowest BCUT2D eigenvalue weighted by molar-refractivity contribution is -0.136. The minimum absolute atomic E-state index is 0.250. The van der Waals surface area contributed by atoms with Gasteiger partial charge < -0.3 is 20.7 Å². The standard InChI is InChI=1S/C24H24N4O4/c1-32-19-9-6-7-17(15-19)16-27-22(29)20-10-2-3-11-21(20)28-24(31)23(30)26-14-12-18-8-4-5-13-25-18/h2-11,13,15H,12,14,16H2,1H3,(H,26,30)(H,27,29)(H,28,31). The second-order valence-corrected chi connectivity index (χ2v) is 6.86. The molecule has 0 aliphatic carbocycles. The first-order valence-corrected chi connectivity index (χ1v) is 10.1. The van der Waals surface area contributed by atoms with E-state index >= 15 is 0 Å². The molecule has 0 aliphatic rings. The summed E-state index contributed by atoms with van der Waals surface area (Å²) in [5.74, 6) is -1.32. The third kappa shape index (κ3) is 6.40. The number of amides is 3. The van der Waals surface area contributed by atoms with Gasteiger partial charge in [0.1, 0.15) is 5.75 Å². The largest absolute Gasteiger partial charge is 0.497 e. The number of para-hydroxylation sites is 1. The summed E-state index contributed by atoms with van der Waals surface area (Å²) in [4.78, 5) is 41.3. The van der Waals surface area contributed by atoms with Crippen LogP contribution >= 0.6 is 0 Å². The minimum atomic E-state index is -0.848. The fraction of sp³-hybridized carbons (Fsp3) is 0.167. The number of pyridine rings is 1. The third-order valence-electron chi connectivity index (χ3n) is 4.61. The van der Waals surface area contributed by atoms with Crippen LogP contribution in [0.1, 0.15) is 21.6 Å². The Labute approximate surface area is 186 Å². The average Bonchev–Trinajstić information content (AvgIpc) is 2.83. The molecule has 0 spiro atoms. The van der Waals surface area contributed by atoms with Crippen LogP contribution in [0.4, 0.5) is 5.69 Å². The quantitative estimate of drug-likeness (QED) is 0.473. The molecule has 3 amide bonds. The molecule has 0 aliphatic heterocycles. The number of ether oxygens (including phenoxy) is 1. The molecule has 0 atom stereocenters. The fourth-order valence-corrected chi connectivity index (χ4v) is 2.96. The van der Waals surface area contributed by atoms with Crippen LogP contribution in [0, 0.1) is 0 Å². The van der Waals surface area contributed by atoms with Crippen molar-refractivity contribution in [3.05, 3.63) is 89.7 Å². The molecule has 0 saturated heterocycles. The smallest absolute Gasteiger partial charge is 0.313 e. The van der Waals surface area contributed by atoms with E-state index in [-0.39, 0.29) is 30.2 Å². The molecule has 32 heavy (non-hydrogen) atoms. The lowest BCUT2D eigenvalue weighted by atomic mass is 10.1. The van der Waals surface area contributed by atoms with Crippen molar-refractivity contribution in [1.29, 1.82) is 0 Å². The lowest BCUT2D eigenvalue weighted by Crippen LogP contribution is -2.37. The minimum Gasteiger partial charge on any atom is -0.497 e. The number of carbonyl (C=O) groups is 3. The molecule has 1 aromatic heterocycles. The fourth-order valence-electron chi connectivity index (χ4n) is 2.96. The maximum Gasteiger partial charge on any atom is 0.313 e. The molecule has 3 N–H and O–H groups in total. The Bertz CT molecular complexity index is 1090. The van der Waals surface area contributed by atoms with E-state index in [9.17, 15) is 14.4 Å². The second kappa shape index (κ2) is 11.3. The molecule has 2 aromatic carbocycles. The molecule has 0 bridgehead atoms. The van der Waals surface area contributed by atoms with E-state index in [0.29, 0.717) is 12.2 Å². The first kappa shape index (κ1) is 22.5. The maximum atomic E-state index is 12.7. The summed E-state index contributed by atoms with van der Waals surface area (Å²) in [6, 6.07) is 19.3. The lowest BCUT2D eigenvalue weighted by Gasteiger charge is -2.12. The number of hydrogen-bond donors (Lipinski definition) is 3. The van der Waals surface area contributed by atoms with Gasteiger partial charge in [0.05, 0.1) is 18.4 Å². The van der Waals surface area contributed by atoms with Gasteiger partial charge in [-0.25, -0.2) is 0 Å². The third-order valence-corrected chi connectivity index (χ3v) is 4.61. The average molecular weight is 432 g/mol. The van der Waals surface area contributed by atoms with Gasteiger partial charge in [0.15, 0.2) is 0 Å². The van der Waals surface area contributed by atoms with Crippen molar-refractivity contribution in [3.8, 4) is 5.75 Å². The highest BCUT2D eigenvalue weighted by atomic mass is 16.5. The molecule has 0 radical (unpaired) electrons. The van der Waals surface area contributed by atoms with Crippen molar-refractivity contribution >= 4 is 23.4 Å². The number of carbonyl (C=O) groups excluding carboxylic acids is 3. The topological polar surface area (TPSA) is 109 Å². The highest BCUT2D eigenvalue weighted by Crippen LogP contribution is 2.16. The van der Waals surface area contributed by atoms with E-state index in [4.69, 9.17) is 4.74 Å². The van der Waals surface area contributed by atoms with E-state index in [1.165, 1.54) is 0 Å². The molecule has 8 heteroatoms. The SMILES string of the molecule is COc1cccc(CNC(=O)c2ccccc2NC(=O)C(=O)NCCc2ccccn2)c1. The molecule has 164 valence electrons. The Morgan fingerprint density at radius 3 is 2.50 bits per heavy atom. The van der Waals surface area contributed by atoms with E-state index < -0.39 is 11.8 Å². The zero-order valence-electron chi connectivity index (χ0n) is 17.6. The number of nitrogens with zero attached hydrogens (tertiary/aromatic N) is 1. The van der Waals surface area contributed by atoms with Gasteiger partial charge in [-0.1, -0.05) is 30.3 Å². The number of methoxy groups -OCH3 is 1. The van der Waals surface area contributed by atoms with Crippen LogP contribution in [-0.2, 0) is 22.6 Å². The molecule has 1 heterocycles. The molecule has 3 aromatic rings. The van der Waals surface area contributed by atoms with Crippen LogP contribution in [0.2, 0.25) is 0 Å². The molecular weight excluding hydrogens is 408 g/mol. The Morgan fingerprint density at radius 2 is 1.72 bits per heavy atom. The molecule has 0 saturated carbocycles. The number of benzene rings is 2. The van der Waals surface area contributed by atoms with Gasteiger partial charge in [-0.15, -0.1) is 0 Å². The highest BCUT2D eigenvalue weighted by molar-refractivity contribution is 6.40. The van der Waals surface area contributed by atoms with E-state index in [2.05, 4.69) is 20.9 Å². The first-order chi connectivity index (χ1) is 15.6. The van der Waals surface area contributed by atoms with Crippen LogP contribution < -0.4 is 20.7 Å². The number of hydrogen-bond acceptors (Lipinski definition) is 5. The van der Waals surface area contributed by atoms with Crippen LogP contribution in [0.3, 0.4) is 0 Å². The van der Waals surface area contributed by atoms with Crippen molar-refractivity contribution in [2.75, 3.05) is 19.0 Å². The maximum absolute atomic E-state index is 12.7. The summed E-state index contributed by atoms with van der Waals surface area (Å²) in [5.41, 5.74) is 2.18. The van der Waals surface area contributed by atoms with Gasteiger partial charge in [-0.05, 0) is 42.0 Å². The molecular formula is C24H24N4O4. The predicted octanol–water partition coefficient (Wildman–Crippen LogP) is 2.32. The summed E-state index contributed by atoms with van der Waals surface area (Å²) >= 11 is 0. The zero-order chi connectivity index (χ0) is 22.8. The number of aromatic nitrogens is 1. The van der Waals surface area contributed by atoms with Crippen LogP contribution in [0.25, 0.3) is 0 Å². The zero-order valence-corrected chi connectivity index (χ0v) is 17.6. The van der Waals surface area contributed by atoms with E-state index in [1.807, 2.05) is 36.4 Å². The van der Waals surface area contributed by atoms with Gasteiger partial charge >= 0.3 is 11.8 Å². The van der Waals surface area contributed by atoms with E-state index in [1.54, 1.807) is 43.6 Å². The van der Waals surface area contributed by atoms with E-state index in [0.717, 1.165) is 11.3 Å². The number of rotatable bonds is 8. The summed E-state index contributed by atoms with van der Waals surface area (Å²) in [6.07, 6.45) is 2.17. The van der Waals surface area contributed by atoms with Crippen molar-refractivity contribution in [2.45, 2.75) is 13.0 Å². The second-order valence-electron chi connectivity index (χ2n) is 6.86. The normalized spacial score (nSPS) is 10.2. The highest BCUT2D eigenvalue weighted by Gasteiger charge is 2.17. The monoisotopic (exact) mass is 432 g/mol. The van der Waals surface area contributed by atoms with Crippen LogP contribution in [-0.4, -0.2) is 36.4 Å². The molecule has 0 fully saturated rings. The number of anilines is 1. The van der Waals surface area contributed by atoms with Crippen LogP contribution in [0.5, 0.6) is 5.75 Å². The summed E-state index contributed by atoms with van der Waals surface area (Å²) in [5, 5.41) is 7.87. The van der Waals surface area contributed by atoms with Gasteiger partial charge in [0.2, 0.25) is 0 Å². The Morgan fingerprint density at radius 1 is 0.906 bits per heavy atom. The Kier molecular flexibility index (Phi) is 7.91. The van der Waals surface area contributed by atoms with Gasteiger partial charge in [0.25, 0.3) is 5.91 Å². The van der Waals surface area contributed by atoms with Crippen molar-refractivity contribution in [1.82, 2.24) is 15.6 Å². The first-order valence-electron chi connectivity index (χ1n) is 10.1. The summed E-state index contributed by atoms with van der Waals surface area (Å²) in [6.45, 7) is 0.554. The van der Waals surface area contributed by atoms with Gasteiger partial charge in [0, 0.05) is 31.4 Å². The summed E-state index contributed by atoms with van der Waals surface area (Å²) < 4.78 is 5.18. The Balaban J connectivity index is 1.55. The predicted molar refractivity (Wildman–Crippen MR) is 120 cm³/mol. The molecule has 8 nitrogen and oxygen atoms in total. The summed E-state index contributed by atoms with van der Waals surface area (Å²) in [7, 11) is 1.57.